The highest BCUT2D eigenvalue weighted by atomic mass is 19.4. The number of rotatable bonds is 4. The van der Waals surface area contributed by atoms with Crippen LogP contribution in [0.2, 0.25) is 0 Å². The minimum absolute atomic E-state index is 0.0199. The molecule has 0 aliphatic heterocycles. The van der Waals surface area contributed by atoms with Gasteiger partial charge in [0.15, 0.2) is 0 Å². The van der Waals surface area contributed by atoms with Crippen molar-refractivity contribution in [3.05, 3.63) is 64.7 Å². The Balaban J connectivity index is 2.31. The number of anilines is 1. The van der Waals surface area contributed by atoms with Crippen LogP contribution in [-0.4, -0.2) is 11.1 Å². The van der Waals surface area contributed by atoms with Crippen LogP contribution in [0.25, 0.3) is 0 Å². The number of nitrogens with two attached hydrogens (primary N) is 1. The summed E-state index contributed by atoms with van der Waals surface area (Å²) in [4.78, 5) is 12.1. The van der Waals surface area contributed by atoms with E-state index >= 15 is 0 Å². The van der Waals surface area contributed by atoms with Gasteiger partial charge in [-0.25, -0.2) is 4.79 Å². The lowest BCUT2D eigenvalue weighted by atomic mass is 10.0. The Bertz CT molecular complexity index is 700. The standard InChI is InChI=1S/C16H14F3NO3/c17-16(18,19)12-7-6-11(8-21)13(14(12)20)15(22)23-9-10-4-2-1-3-5-10/h1-7,21H,8-9,20H2. The molecule has 122 valence electrons. The van der Waals surface area contributed by atoms with Crippen molar-refractivity contribution in [1.29, 1.82) is 0 Å². The summed E-state index contributed by atoms with van der Waals surface area (Å²) >= 11 is 0. The molecule has 7 heteroatoms. The fourth-order valence-electron chi connectivity index (χ4n) is 2.08. The van der Waals surface area contributed by atoms with Crippen LogP contribution < -0.4 is 5.73 Å². The molecule has 0 aliphatic rings. The molecular weight excluding hydrogens is 311 g/mol. The summed E-state index contributed by atoms with van der Waals surface area (Å²) in [6.45, 7) is -0.738. The molecule has 0 fully saturated rings. The van der Waals surface area contributed by atoms with E-state index in [0.717, 1.165) is 12.1 Å². The van der Waals surface area contributed by atoms with Crippen molar-refractivity contribution < 1.29 is 27.8 Å². The molecule has 0 heterocycles. The first-order valence-corrected chi connectivity index (χ1v) is 6.65. The third-order valence-corrected chi connectivity index (χ3v) is 3.22. The van der Waals surface area contributed by atoms with Crippen LogP contribution in [0.4, 0.5) is 18.9 Å². The normalized spacial score (nSPS) is 11.3. The van der Waals surface area contributed by atoms with Gasteiger partial charge < -0.3 is 15.6 Å². The van der Waals surface area contributed by atoms with E-state index in [1.807, 2.05) is 0 Å². The van der Waals surface area contributed by atoms with Crippen molar-refractivity contribution in [2.24, 2.45) is 0 Å². The van der Waals surface area contributed by atoms with E-state index in [-0.39, 0.29) is 12.2 Å². The highest BCUT2D eigenvalue weighted by Crippen LogP contribution is 2.36. The molecule has 0 radical (unpaired) electrons. The second kappa shape index (κ2) is 6.70. The van der Waals surface area contributed by atoms with Gasteiger partial charge in [0.25, 0.3) is 0 Å². The molecule has 0 spiro atoms. The number of hydrogen-bond acceptors (Lipinski definition) is 4. The molecule has 0 unspecified atom stereocenters. The summed E-state index contributed by atoms with van der Waals surface area (Å²) in [5.74, 6) is -1.01. The Hall–Kier alpha value is -2.54. The lowest BCUT2D eigenvalue weighted by molar-refractivity contribution is -0.136. The Morgan fingerprint density at radius 2 is 1.78 bits per heavy atom. The molecule has 3 N–H and O–H groups in total. The molecule has 0 amide bonds. The average molecular weight is 325 g/mol. The summed E-state index contributed by atoms with van der Waals surface area (Å²) in [5, 5.41) is 9.23. The van der Waals surface area contributed by atoms with Crippen molar-refractivity contribution in [2.45, 2.75) is 19.4 Å². The number of alkyl halides is 3. The van der Waals surface area contributed by atoms with Crippen molar-refractivity contribution in [3.8, 4) is 0 Å². The number of carbonyl (C=O) groups is 1. The zero-order chi connectivity index (χ0) is 17.0. The number of hydrogen-bond donors (Lipinski definition) is 2. The molecule has 23 heavy (non-hydrogen) atoms. The minimum atomic E-state index is -4.70. The van der Waals surface area contributed by atoms with E-state index < -0.39 is 35.6 Å². The summed E-state index contributed by atoms with van der Waals surface area (Å²) in [5.41, 5.74) is 3.80. The predicted molar refractivity (Wildman–Crippen MR) is 77.3 cm³/mol. The quantitative estimate of drug-likeness (QED) is 0.669. The van der Waals surface area contributed by atoms with Crippen LogP contribution in [0.15, 0.2) is 42.5 Å². The van der Waals surface area contributed by atoms with Crippen LogP contribution >= 0.6 is 0 Å². The third kappa shape index (κ3) is 3.81. The smallest absolute Gasteiger partial charge is 0.418 e. The molecule has 0 saturated carbocycles. The van der Waals surface area contributed by atoms with Crippen molar-refractivity contribution in [2.75, 3.05) is 5.73 Å². The van der Waals surface area contributed by atoms with Gasteiger partial charge in [-0.05, 0) is 17.2 Å². The van der Waals surface area contributed by atoms with Gasteiger partial charge >= 0.3 is 12.1 Å². The fourth-order valence-corrected chi connectivity index (χ4v) is 2.08. The van der Waals surface area contributed by atoms with Gasteiger partial charge in [-0.3, -0.25) is 0 Å². The summed E-state index contributed by atoms with van der Waals surface area (Å²) < 4.78 is 43.7. The molecule has 0 aromatic heterocycles. The first kappa shape index (κ1) is 16.8. The summed E-state index contributed by atoms with van der Waals surface area (Å²) in [7, 11) is 0. The second-order valence-corrected chi connectivity index (χ2v) is 4.78. The molecule has 0 saturated heterocycles. The Labute approximate surface area is 130 Å². The molecule has 2 aromatic rings. The van der Waals surface area contributed by atoms with E-state index in [0.29, 0.717) is 5.56 Å². The van der Waals surface area contributed by atoms with Gasteiger partial charge in [-0.2, -0.15) is 13.2 Å². The highest BCUT2D eigenvalue weighted by Gasteiger charge is 2.35. The predicted octanol–water partition coefficient (Wildman–Crippen LogP) is 3.14. The SMILES string of the molecule is Nc1c(C(F)(F)F)ccc(CO)c1C(=O)OCc1ccccc1. The Morgan fingerprint density at radius 3 is 2.35 bits per heavy atom. The third-order valence-electron chi connectivity index (χ3n) is 3.22. The molecule has 0 atom stereocenters. The number of carbonyl (C=O) groups excluding carboxylic acids is 1. The topological polar surface area (TPSA) is 72.5 Å². The fraction of sp³-hybridized carbons (Fsp3) is 0.188. The van der Waals surface area contributed by atoms with Crippen molar-refractivity contribution in [1.82, 2.24) is 0 Å². The molecule has 0 aliphatic carbocycles. The lowest BCUT2D eigenvalue weighted by Crippen LogP contribution is -2.17. The maximum Gasteiger partial charge on any atom is 0.418 e. The van der Waals surface area contributed by atoms with Crippen LogP contribution in [0.5, 0.6) is 0 Å². The van der Waals surface area contributed by atoms with E-state index in [4.69, 9.17) is 10.5 Å². The van der Waals surface area contributed by atoms with Crippen LogP contribution in [0.3, 0.4) is 0 Å². The van der Waals surface area contributed by atoms with Crippen molar-refractivity contribution >= 4 is 11.7 Å². The van der Waals surface area contributed by atoms with Gasteiger partial charge in [0.2, 0.25) is 0 Å². The largest absolute Gasteiger partial charge is 0.457 e. The van der Waals surface area contributed by atoms with Gasteiger partial charge in [-0.1, -0.05) is 36.4 Å². The zero-order valence-corrected chi connectivity index (χ0v) is 11.9. The number of esters is 1. The van der Waals surface area contributed by atoms with Gasteiger partial charge in [-0.15, -0.1) is 0 Å². The number of aliphatic hydroxyl groups excluding tert-OH is 1. The van der Waals surface area contributed by atoms with E-state index in [2.05, 4.69) is 0 Å². The number of aliphatic hydroxyl groups is 1. The van der Waals surface area contributed by atoms with Gasteiger partial charge in [0.1, 0.15) is 6.61 Å². The molecule has 2 rings (SSSR count). The maximum absolute atomic E-state index is 12.9. The van der Waals surface area contributed by atoms with Crippen LogP contribution in [0.1, 0.15) is 27.0 Å². The number of halogens is 3. The van der Waals surface area contributed by atoms with Gasteiger partial charge in [0.05, 0.1) is 23.4 Å². The monoisotopic (exact) mass is 325 g/mol. The summed E-state index contributed by atoms with van der Waals surface area (Å²) in [6, 6.07) is 10.4. The first-order chi connectivity index (χ1) is 10.8. The van der Waals surface area contributed by atoms with Crippen molar-refractivity contribution in [3.63, 3.8) is 0 Å². The van der Waals surface area contributed by atoms with Gasteiger partial charge in [0, 0.05) is 0 Å². The second-order valence-electron chi connectivity index (χ2n) is 4.78. The average Bonchev–Trinajstić information content (AvgIpc) is 2.52. The van der Waals surface area contributed by atoms with Crippen LogP contribution in [-0.2, 0) is 24.1 Å². The highest BCUT2D eigenvalue weighted by molar-refractivity contribution is 5.97. The Kier molecular flexibility index (Phi) is 4.90. The van der Waals surface area contributed by atoms with E-state index in [1.54, 1.807) is 30.3 Å². The summed E-state index contributed by atoms with van der Waals surface area (Å²) in [6.07, 6.45) is -4.70. The molecule has 4 nitrogen and oxygen atoms in total. The molecular formula is C16H14F3NO3. The number of benzene rings is 2. The zero-order valence-electron chi connectivity index (χ0n) is 11.9. The minimum Gasteiger partial charge on any atom is -0.457 e. The van der Waals surface area contributed by atoms with E-state index in [1.165, 1.54) is 0 Å². The number of nitrogen functional groups attached to an aromatic ring is 1. The lowest BCUT2D eigenvalue weighted by Gasteiger charge is -2.16. The Morgan fingerprint density at radius 1 is 1.13 bits per heavy atom. The molecule has 2 aromatic carbocycles. The van der Waals surface area contributed by atoms with E-state index in [9.17, 15) is 23.1 Å². The maximum atomic E-state index is 12.9. The van der Waals surface area contributed by atoms with Crippen LogP contribution in [0, 0.1) is 0 Å². The number of ether oxygens (including phenoxy) is 1. The first-order valence-electron chi connectivity index (χ1n) is 6.65. The molecule has 0 bridgehead atoms.